The summed E-state index contributed by atoms with van der Waals surface area (Å²) in [6.45, 7) is 2.10. The molecule has 0 saturated heterocycles. The van der Waals surface area contributed by atoms with Crippen molar-refractivity contribution < 1.29 is 22.4 Å². The Hall–Kier alpha value is -2.94. The van der Waals surface area contributed by atoms with Gasteiger partial charge in [-0.1, -0.05) is 37.3 Å². The first-order valence-corrected chi connectivity index (χ1v) is 12.3. The highest BCUT2D eigenvalue weighted by Gasteiger charge is 2.28. The molecule has 0 bridgehead atoms. The van der Waals surface area contributed by atoms with E-state index >= 15 is 0 Å². The molecule has 1 atom stereocenters. The number of carbonyl (C=O) groups is 2. The molecule has 1 unspecified atom stereocenters. The minimum absolute atomic E-state index is 0.0630. The Labute approximate surface area is 189 Å². The van der Waals surface area contributed by atoms with Crippen LogP contribution >= 0.6 is 0 Å². The van der Waals surface area contributed by atoms with E-state index in [0.717, 1.165) is 6.26 Å². The maximum Gasteiger partial charge on any atom is 0.242 e. The van der Waals surface area contributed by atoms with Gasteiger partial charge in [0.2, 0.25) is 21.8 Å². The highest BCUT2D eigenvalue weighted by molar-refractivity contribution is 7.92. The average Bonchev–Trinajstić information content (AvgIpc) is 2.77. The molecule has 2 rings (SSSR count). The predicted octanol–water partition coefficient (Wildman–Crippen LogP) is 2.93. The number of amides is 2. The first-order chi connectivity index (χ1) is 15.2. The summed E-state index contributed by atoms with van der Waals surface area (Å²) in [7, 11) is -2.01. The first kappa shape index (κ1) is 25.3. The molecule has 2 amide bonds. The summed E-state index contributed by atoms with van der Waals surface area (Å²) >= 11 is 0. The number of rotatable bonds is 11. The van der Waals surface area contributed by atoms with E-state index < -0.39 is 16.1 Å². The van der Waals surface area contributed by atoms with Gasteiger partial charge in [-0.05, 0) is 42.7 Å². The summed E-state index contributed by atoms with van der Waals surface area (Å²) in [5.41, 5.74) is 1.23. The number of hydrogen-bond acceptors (Lipinski definition) is 4. The Morgan fingerprint density at radius 3 is 2.22 bits per heavy atom. The topological polar surface area (TPSA) is 86.8 Å². The fraction of sp³-hybridized carbons (Fsp3) is 0.391. The molecule has 32 heavy (non-hydrogen) atoms. The lowest BCUT2D eigenvalue weighted by molar-refractivity contribution is -0.141. The van der Waals surface area contributed by atoms with E-state index in [-0.39, 0.29) is 43.6 Å². The lowest BCUT2D eigenvalue weighted by Crippen LogP contribution is -2.48. The summed E-state index contributed by atoms with van der Waals surface area (Å²) in [5, 5.41) is 2.58. The molecule has 2 aromatic rings. The number of sulfonamides is 1. The molecule has 0 radical (unpaired) electrons. The summed E-state index contributed by atoms with van der Waals surface area (Å²) in [4.78, 5) is 27.0. The minimum atomic E-state index is -3.52. The molecule has 0 aliphatic heterocycles. The molecule has 0 aliphatic rings. The second-order valence-electron chi connectivity index (χ2n) is 7.46. The molecule has 0 aliphatic carbocycles. The van der Waals surface area contributed by atoms with Crippen LogP contribution in [0.3, 0.4) is 0 Å². The molecule has 0 heterocycles. The van der Waals surface area contributed by atoms with Gasteiger partial charge in [0.05, 0.1) is 11.9 Å². The second kappa shape index (κ2) is 11.6. The summed E-state index contributed by atoms with van der Waals surface area (Å²) in [6.07, 6.45) is 1.88. The zero-order valence-corrected chi connectivity index (χ0v) is 19.4. The van der Waals surface area contributed by atoms with Crippen molar-refractivity contribution in [1.29, 1.82) is 0 Å². The predicted molar refractivity (Wildman–Crippen MR) is 123 cm³/mol. The van der Waals surface area contributed by atoms with E-state index in [1.54, 1.807) is 42.5 Å². The van der Waals surface area contributed by atoms with Crippen molar-refractivity contribution in [2.24, 2.45) is 0 Å². The van der Waals surface area contributed by atoms with Crippen molar-refractivity contribution in [1.82, 2.24) is 10.2 Å². The van der Waals surface area contributed by atoms with E-state index in [4.69, 9.17) is 0 Å². The van der Waals surface area contributed by atoms with Crippen LogP contribution in [0.25, 0.3) is 0 Å². The third-order valence-corrected chi connectivity index (χ3v) is 6.29. The van der Waals surface area contributed by atoms with Crippen LogP contribution in [0.2, 0.25) is 0 Å². The molecule has 174 valence electrons. The number of nitrogens with one attached hydrogen (secondary N) is 1. The monoisotopic (exact) mass is 463 g/mol. The van der Waals surface area contributed by atoms with Gasteiger partial charge >= 0.3 is 0 Å². The van der Waals surface area contributed by atoms with E-state index in [0.29, 0.717) is 17.7 Å². The largest absolute Gasteiger partial charge is 0.357 e. The van der Waals surface area contributed by atoms with Gasteiger partial charge < -0.3 is 10.2 Å². The first-order valence-electron chi connectivity index (χ1n) is 10.5. The van der Waals surface area contributed by atoms with Crippen molar-refractivity contribution in [2.75, 3.05) is 24.2 Å². The Balaban J connectivity index is 2.15. The van der Waals surface area contributed by atoms with Crippen LogP contribution in [-0.2, 0) is 26.2 Å². The summed E-state index contributed by atoms with van der Waals surface area (Å²) in [6, 6.07) is 13.8. The van der Waals surface area contributed by atoms with Crippen LogP contribution in [0.1, 0.15) is 31.7 Å². The van der Waals surface area contributed by atoms with Crippen LogP contribution in [0.5, 0.6) is 0 Å². The van der Waals surface area contributed by atoms with E-state index in [1.165, 1.54) is 28.4 Å². The molecule has 0 saturated carbocycles. The molecule has 0 fully saturated rings. The Morgan fingerprint density at radius 1 is 1.06 bits per heavy atom. The van der Waals surface area contributed by atoms with Crippen molar-refractivity contribution in [3.05, 3.63) is 66.0 Å². The fourth-order valence-corrected chi connectivity index (χ4v) is 4.44. The fourth-order valence-electron chi connectivity index (χ4n) is 3.47. The van der Waals surface area contributed by atoms with Crippen LogP contribution in [0, 0.1) is 5.82 Å². The van der Waals surface area contributed by atoms with Crippen molar-refractivity contribution >= 4 is 27.5 Å². The van der Waals surface area contributed by atoms with Crippen molar-refractivity contribution in [3.63, 3.8) is 0 Å². The number of para-hydroxylation sites is 1. The number of halogens is 1. The van der Waals surface area contributed by atoms with Gasteiger partial charge in [0.25, 0.3) is 0 Å². The number of anilines is 1. The van der Waals surface area contributed by atoms with E-state index in [9.17, 15) is 22.4 Å². The van der Waals surface area contributed by atoms with Gasteiger partial charge in [-0.3, -0.25) is 13.9 Å². The smallest absolute Gasteiger partial charge is 0.242 e. The maximum atomic E-state index is 13.3. The normalized spacial score (nSPS) is 12.1. The molecular weight excluding hydrogens is 433 g/mol. The van der Waals surface area contributed by atoms with Crippen molar-refractivity contribution in [2.45, 2.75) is 38.8 Å². The van der Waals surface area contributed by atoms with Crippen LogP contribution in [-0.4, -0.2) is 51.0 Å². The molecule has 9 heteroatoms. The Bertz CT molecular complexity index is 998. The van der Waals surface area contributed by atoms with Gasteiger partial charge in [-0.25, -0.2) is 12.8 Å². The third-order valence-electron chi connectivity index (χ3n) is 5.09. The van der Waals surface area contributed by atoms with Gasteiger partial charge in [0.1, 0.15) is 11.9 Å². The standard InChI is InChI=1S/C23H30FN3O4S/c1-4-21(23(29)25-2)26(17-18-12-14-19(24)15-13-18)22(28)11-8-16-27(32(3,30)31)20-9-6-5-7-10-20/h5-7,9-10,12-15,21H,4,8,11,16-17H2,1-3H3,(H,25,29). The number of nitrogens with zero attached hydrogens (tertiary/aromatic N) is 2. The van der Waals surface area contributed by atoms with Crippen LogP contribution < -0.4 is 9.62 Å². The second-order valence-corrected chi connectivity index (χ2v) is 9.37. The zero-order valence-electron chi connectivity index (χ0n) is 18.6. The number of hydrogen-bond donors (Lipinski definition) is 1. The maximum absolute atomic E-state index is 13.3. The summed E-state index contributed by atoms with van der Waals surface area (Å²) in [5.74, 6) is -0.942. The number of likely N-dealkylation sites (N-methyl/N-ethyl adjacent to an activating group) is 1. The highest BCUT2D eigenvalue weighted by Crippen LogP contribution is 2.19. The van der Waals surface area contributed by atoms with Gasteiger partial charge in [-0.2, -0.15) is 0 Å². The zero-order chi connectivity index (χ0) is 23.7. The number of benzene rings is 2. The number of carbonyl (C=O) groups excluding carboxylic acids is 2. The van der Waals surface area contributed by atoms with Gasteiger partial charge in [0, 0.05) is 26.6 Å². The molecule has 0 spiro atoms. The highest BCUT2D eigenvalue weighted by atomic mass is 32.2. The van der Waals surface area contributed by atoms with Crippen LogP contribution in [0.4, 0.5) is 10.1 Å². The summed E-state index contributed by atoms with van der Waals surface area (Å²) < 4.78 is 39.0. The van der Waals surface area contributed by atoms with Crippen LogP contribution in [0.15, 0.2) is 54.6 Å². The SMILES string of the molecule is CCC(C(=O)NC)N(Cc1ccc(F)cc1)C(=O)CCCN(c1ccccc1)S(C)(=O)=O. The quantitative estimate of drug-likeness (QED) is 0.555. The van der Waals surface area contributed by atoms with E-state index in [1.807, 2.05) is 6.92 Å². The molecule has 2 aromatic carbocycles. The molecule has 1 N–H and O–H groups in total. The Kier molecular flexibility index (Phi) is 9.19. The minimum Gasteiger partial charge on any atom is -0.357 e. The van der Waals surface area contributed by atoms with Crippen molar-refractivity contribution in [3.8, 4) is 0 Å². The Morgan fingerprint density at radius 2 is 1.69 bits per heavy atom. The lowest BCUT2D eigenvalue weighted by Gasteiger charge is -2.30. The molecule has 7 nitrogen and oxygen atoms in total. The van der Waals surface area contributed by atoms with E-state index in [2.05, 4.69) is 5.32 Å². The third kappa shape index (κ3) is 7.05. The molecule has 0 aromatic heterocycles. The molecular formula is C23H30FN3O4S. The lowest BCUT2D eigenvalue weighted by atomic mass is 10.1. The average molecular weight is 464 g/mol. The van der Waals surface area contributed by atoms with Gasteiger partial charge in [-0.15, -0.1) is 0 Å². The van der Waals surface area contributed by atoms with Gasteiger partial charge in [0.15, 0.2) is 0 Å².